The van der Waals surface area contributed by atoms with Crippen molar-refractivity contribution in [3.8, 4) is 0 Å². The summed E-state index contributed by atoms with van der Waals surface area (Å²) in [5, 5.41) is 29.3. The molecule has 0 bridgehead atoms. The summed E-state index contributed by atoms with van der Waals surface area (Å²) in [6.07, 6.45) is 9.74. The fraction of sp³-hybridized carbons (Fsp3) is 0.448. The molecule has 0 fully saturated rings. The Hall–Kier alpha value is -2.20. The molecule has 1 unspecified atom stereocenters. The zero-order valence-electron chi connectivity index (χ0n) is 20.5. The van der Waals surface area contributed by atoms with Gasteiger partial charge in [0.2, 0.25) is 0 Å². The van der Waals surface area contributed by atoms with Crippen LogP contribution in [-0.2, 0) is 18.6 Å². The molecule has 2 aromatic carbocycles. The average Bonchev–Trinajstić information content (AvgIpc) is 2.78. The Morgan fingerprint density at radius 2 is 1.53 bits per heavy atom. The van der Waals surface area contributed by atoms with E-state index in [1.807, 2.05) is 51.1 Å². The maximum atomic E-state index is 10.3. The van der Waals surface area contributed by atoms with Crippen LogP contribution in [0.15, 0.2) is 48.6 Å². The number of rotatable bonds is 9. The van der Waals surface area contributed by atoms with Crippen LogP contribution < -0.4 is 0 Å². The van der Waals surface area contributed by atoms with E-state index in [-0.39, 0.29) is 24.0 Å². The first-order valence-corrected chi connectivity index (χ1v) is 11.6. The Balaban J connectivity index is 2.36. The molecule has 0 heterocycles. The van der Waals surface area contributed by atoms with Gasteiger partial charge in [-0.2, -0.15) is 0 Å². The third-order valence-electron chi connectivity index (χ3n) is 6.62. The van der Waals surface area contributed by atoms with Gasteiger partial charge in [-0.1, -0.05) is 89.3 Å². The van der Waals surface area contributed by atoms with E-state index in [2.05, 4.69) is 51.1 Å². The zero-order valence-corrected chi connectivity index (χ0v) is 20.5. The lowest BCUT2D eigenvalue weighted by molar-refractivity contribution is 0.106. The second-order valence-corrected chi connectivity index (χ2v) is 9.78. The fourth-order valence-electron chi connectivity index (χ4n) is 3.95. The Kier molecular flexibility index (Phi) is 9.03. The molecule has 3 nitrogen and oxygen atoms in total. The highest BCUT2D eigenvalue weighted by atomic mass is 16.3. The topological polar surface area (TPSA) is 60.7 Å². The molecule has 174 valence electrons. The molecule has 2 rings (SSSR count). The first-order chi connectivity index (χ1) is 15.1. The first kappa shape index (κ1) is 26.1. The van der Waals surface area contributed by atoms with Gasteiger partial charge in [0.1, 0.15) is 0 Å². The third-order valence-corrected chi connectivity index (χ3v) is 6.62. The number of aliphatic hydroxyl groups is 3. The molecule has 0 amide bonds. The number of allylic oxidation sites excluding steroid dienone is 1. The first-order valence-electron chi connectivity index (χ1n) is 11.6. The zero-order chi connectivity index (χ0) is 23.9. The summed E-state index contributed by atoms with van der Waals surface area (Å²) in [6, 6.07) is 12.4. The van der Waals surface area contributed by atoms with Gasteiger partial charge in [-0.05, 0) is 64.6 Å². The third kappa shape index (κ3) is 6.19. The van der Waals surface area contributed by atoms with Crippen molar-refractivity contribution in [1.82, 2.24) is 0 Å². The van der Waals surface area contributed by atoms with Crippen LogP contribution in [0.25, 0.3) is 12.2 Å². The van der Waals surface area contributed by atoms with E-state index in [1.165, 1.54) is 11.1 Å². The number of aliphatic hydroxyl groups excluding tert-OH is 3. The maximum absolute atomic E-state index is 10.3. The maximum Gasteiger partial charge on any atom is 0.0772 e. The van der Waals surface area contributed by atoms with Gasteiger partial charge in [-0.25, -0.2) is 0 Å². The standard InChI is InChI=1S/C29H40O3/c1-7-29(8-2,16-15-22-9-10-24(19-30)25(18-22)20-31)26-13-11-23(21(3)17-26)12-14-27(32)28(4,5)6/h9-18,27,30-32H,7-8,19-20H2,1-6H3/b14-12+,16-15+. The summed E-state index contributed by atoms with van der Waals surface area (Å²) in [4.78, 5) is 0. The van der Waals surface area contributed by atoms with Crippen molar-refractivity contribution in [3.05, 3.63) is 81.9 Å². The fourth-order valence-corrected chi connectivity index (χ4v) is 3.95. The van der Waals surface area contributed by atoms with E-state index in [0.29, 0.717) is 0 Å². The predicted octanol–water partition coefficient (Wildman–Crippen LogP) is 6.17. The monoisotopic (exact) mass is 436 g/mol. The van der Waals surface area contributed by atoms with Gasteiger partial charge < -0.3 is 15.3 Å². The van der Waals surface area contributed by atoms with E-state index in [4.69, 9.17) is 0 Å². The molecule has 0 spiro atoms. The van der Waals surface area contributed by atoms with Crippen molar-refractivity contribution in [2.75, 3.05) is 0 Å². The van der Waals surface area contributed by atoms with E-state index in [1.54, 1.807) is 0 Å². The van der Waals surface area contributed by atoms with Crippen LogP contribution in [0.1, 0.15) is 80.8 Å². The Bertz CT molecular complexity index is 943. The van der Waals surface area contributed by atoms with E-state index in [9.17, 15) is 15.3 Å². The molecule has 3 N–H and O–H groups in total. The molecule has 0 saturated heterocycles. The van der Waals surface area contributed by atoms with Crippen molar-refractivity contribution in [2.45, 2.75) is 79.1 Å². The summed E-state index contributed by atoms with van der Waals surface area (Å²) in [5.74, 6) is 0. The van der Waals surface area contributed by atoms with Crippen LogP contribution in [0.5, 0.6) is 0 Å². The molecule has 0 radical (unpaired) electrons. The van der Waals surface area contributed by atoms with Gasteiger partial charge in [-0.3, -0.25) is 0 Å². The highest BCUT2D eigenvalue weighted by molar-refractivity contribution is 5.58. The van der Waals surface area contributed by atoms with Gasteiger partial charge in [-0.15, -0.1) is 0 Å². The average molecular weight is 437 g/mol. The minimum absolute atomic E-state index is 0.0689. The van der Waals surface area contributed by atoms with Gasteiger partial charge in [0.05, 0.1) is 19.3 Å². The largest absolute Gasteiger partial charge is 0.392 e. The summed E-state index contributed by atoms with van der Waals surface area (Å²) in [7, 11) is 0. The quantitative estimate of drug-likeness (QED) is 0.440. The molecule has 2 aromatic rings. The van der Waals surface area contributed by atoms with E-state index in [0.717, 1.165) is 35.1 Å². The lowest BCUT2D eigenvalue weighted by Gasteiger charge is -2.30. The smallest absolute Gasteiger partial charge is 0.0772 e. The summed E-state index contributed by atoms with van der Waals surface area (Å²) < 4.78 is 0. The number of hydrogen-bond donors (Lipinski definition) is 3. The van der Waals surface area contributed by atoms with Gasteiger partial charge in [0.15, 0.2) is 0 Å². The highest BCUT2D eigenvalue weighted by Gasteiger charge is 2.26. The lowest BCUT2D eigenvalue weighted by Crippen LogP contribution is -2.23. The van der Waals surface area contributed by atoms with Crippen LogP contribution in [0, 0.1) is 12.3 Å². The molecule has 0 saturated carbocycles. The molecule has 0 aliphatic heterocycles. The van der Waals surface area contributed by atoms with Crippen LogP contribution in [0.3, 0.4) is 0 Å². The molecule has 0 aromatic heterocycles. The van der Waals surface area contributed by atoms with E-state index >= 15 is 0 Å². The number of benzene rings is 2. The van der Waals surface area contributed by atoms with Crippen molar-refractivity contribution in [3.63, 3.8) is 0 Å². The second kappa shape index (κ2) is 11.1. The van der Waals surface area contributed by atoms with Gasteiger partial charge in [0.25, 0.3) is 0 Å². The van der Waals surface area contributed by atoms with Crippen LogP contribution in [0.2, 0.25) is 0 Å². The van der Waals surface area contributed by atoms with Gasteiger partial charge in [0, 0.05) is 5.41 Å². The van der Waals surface area contributed by atoms with Gasteiger partial charge >= 0.3 is 0 Å². The predicted molar refractivity (Wildman–Crippen MR) is 135 cm³/mol. The van der Waals surface area contributed by atoms with Crippen molar-refractivity contribution in [1.29, 1.82) is 0 Å². The number of hydrogen-bond acceptors (Lipinski definition) is 3. The van der Waals surface area contributed by atoms with Crippen molar-refractivity contribution >= 4 is 12.2 Å². The normalized spacial score (nSPS) is 13.9. The summed E-state index contributed by atoms with van der Waals surface area (Å²) in [6.45, 7) is 12.5. The molecule has 0 aliphatic carbocycles. The highest BCUT2D eigenvalue weighted by Crippen LogP contribution is 2.35. The summed E-state index contributed by atoms with van der Waals surface area (Å²) in [5.41, 5.74) is 5.86. The molecular formula is C29H40O3. The molecule has 32 heavy (non-hydrogen) atoms. The Morgan fingerprint density at radius 3 is 2.06 bits per heavy atom. The minimum atomic E-state index is -0.490. The lowest BCUT2D eigenvalue weighted by atomic mass is 9.74. The summed E-state index contributed by atoms with van der Waals surface area (Å²) >= 11 is 0. The van der Waals surface area contributed by atoms with Crippen LogP contribution in [-0.4, -0.2) is 21.4 Å². The molecular weight excluding hydrogens is 396 g/mol. The van der Waals surface area contributed by atoms with Crippen molar-refractivity contribution in [2.24, 2.45) is 5.41 Å². The van der Waals surface area contributed by atoms with Crippen molar-refractivity contribution < 1.29 is 15.3 Å². The van der Waals surface area contributed by atoms with Crippen LogP contribution >= 0.6 is 0 Å². The second-order valence-electron chi connectivity index (χ2n) is 9.78. The van der Waals surface area contributed by atoms with E-state index < -0.39 is 6.10 Å². The Morgan fingerprint density at radius 1 is 0.875 bits per heavy atom. The van der Waals surface area contributed by atoms with Crippen LogP contribution in [0.4, 0.5) is 0 Å². The minimum Gasteiger partial charge on any atom is -0.392 e. The number of aryl methyl sites for hydroxylation is 1. The molecule has 3 heteroatoms. The molecule has 1 atom stereocenters. The Labute approximate surface area is 194 Å². The SMILES string of the molecule is CCC(/C=C/c1ccc(CO)c(CO)c1)(CC)c1ccc(/C=C/C(O)C(C)(C)C)c(C)c1. The molecule has 0 aliphatic rings.